The van der Waals surface area contributed by atoms with Crippen LogP contribution in [0.3, 0.4) is 0 Å². The summed E-state index contributed by atoms with van der Waals surface area (Å²) in [5, 5.41) is 3.97. The van der Waals surface area contributed by atoms with E-state index in [-0.39, 0.29) is 0 Å². The van der Waals surface area contributed by atoms with E-state index in [1.807, 2.05) is 12.1 Å². The van der Waals surface area contributed by atoms with E-state index in [1.54, 1.807) is 26.2 Å². The molecule has 0 bridgehead atoms. The van der Waals surface area contributed by atoms with E-state index in [0.29, 0.717) is 19.6 Å². The average Bonchev–Trinajstić information content (AvgIpc) is 2.90. The average molecular weight is 284 g/mol. The summed E-state index contributed by atoms with van der Waals surface area (Å²) in [5.41, 5.74) is 1.63. The van der Waals surface area contributed by atoms with Crippen LogP contribution >= 0.6 is 7.60 Å². The van der Waals surface area contributed by atoms with Crippen LogP contribution in [0.2, 0.25) is 0 Å². The first-order valence-electron chi connectivity index (χ1n) is 6.21. The lowest BCUT2D eigenvalue weighted by Gasteiger charge is -2.20. The Kier molecular flexibility index (Phi) is 4.69. The molecule has 0 radical (unpaired) electrons. The zero-order valence-electron chi connectivity index (χ0n) is 11.0. The summed E-state index contributed by atoms with van der Waals surface area (Å²) in [4.78, 5) is 9.19. The SMILES string of the molecule is CCOP(=O)(OCC)C1CC(c2ccncc2)=NO1. The number of rotatable bonds is 6. The summed E-state index contributed by atoms with van der Waals surface area (Å²) < 4.78 is 23.1. The van der Waals surface area contributed by atoms with E-state index >= 15 is 0 Å². The van der Waals surface area contributed by atoms with Gasteiger partial charge in [-0.3, -0.25) is 9.55 Å². The lowest BCUT2D eigenvalue weighted by Crippen LogP contribution is -2.14. The zero-order chi connectivity index (χ0) is 13.7. The van der Waals surface area contributed by atoms with Gasteiger partial charge in [-0.15, -0.1) is 0 Å². The molecule has 0 saturated carbocycles. The number of hydrogen-bond acceptors (Lipinski definition) is 6. The molecule has 1 aromatic rings. The Bertz CT molecular complexity index is 482. The molecule has 1 aromatic heterocycles. The molecule has 0 aromatic carbocycles. The molecular formula is C12H17N2O4P. The quantitative estimate of drug-likeness (QED) is 0.751. The van der Waals surface area contributed by atoms with Crippen molar-refractivity contribution in [2.45, 2.75) is 26.1 Å². The van der Waals surface area contributed by atoms with Gasteiger partial charge in [-0.1, -0.05) is 5.16 Å². The monoisotopic (exact) mass is 284 g/mol. The van der Waals surface area contributed by atoms with Crippen LogP contribution in [0.5, 0.6) is 0 Å². The van der Waals surface area contributed by atoms with Crippen molar-refractivity contribution in [3.05, 3.63) is 30.1 Å². The van der Waals surface area contributed by atoms with Crippen LogP contribution < -0.4 is 0 Å². The Labute approximate surface area is 112 Å². The third-order valence-electron chi connectivity index (χ3n) is 2.64. The summed E-state index contributed by atoms with van der Waals surface area (Å²) in [6, 6.07) is 3.66. The highest BCUT2D eigenvalue weighted by atomic mass is 31.2. The van der Waals surface area contributed by atoms with E-state index in [2.05, 4.69) is 10.1 Å². The van der Waals surface area contributed by atoms with Crippen LogP contribution in [0.15, 0.2) is 29.7 Å². The highest BCUT2D eigenvalue weighted by Crippen LogP contribution is 2.56. The topological polar surface area (TPSA) is 70.0 Å². The maximum atomic E-state index is 12.5. The van der Waals surface area contributed by atoms with Gasteiger partial charge >= 0.3 is 7.60 Å². The maximum absolute atomic E-state index is 12.5. The molecule has 0 spiro atoms. The second-order valence-electron chi connectivity index (χ2n) is 3.91. The van der Waals surface area contributed by atoms with Gasteiger partial charge in [0.1, 0.15) is 0 Å². The van der Waals surface area contributed by atoms with Gasteiger partial charge in [-0.2, -0.15) is 0 Å². The Hall–Kier alpha value is -1.23. The Balaban J connectivity index is 2.09. The molecule has 2 rings (SSSR count). The largest absolute Gasteiger partial charge is 0.379 e. The van der Waals surface area contributed by atoms with Gasteiger partial charge in [0.2, 0.25) is 5.85 Å². The highest BCUT2D eigenvalue weighted by Gasteiger charge is 2.42. The van der Waals surface area contributed by atoms with Crippen molar-refractivity contribution in [3.8, 4) is 0 Å². The molecule has 0 amide bonds. The predicted octanol–water partition coefficient (Wildman–Crippen LogP) is 2.80. The lowest BCUT2D eigenvalue weighted by atomic mass is 10.1. The molecule has 1 unspecified atom stereocenters. The summed E-state index contributed by atoms with van der Waals surface area (Å²) in [6.07, 6.45) is 3.76. The van der Waals surface area contributed by atoms with E-state index in [9.17, 15) is 4.57 Å². The Morgan fingerprint density at radius 2 is 1.95 bits per heavy atom. The lowest BCUT2D eigenvalue weighted by molar-refractivity contribution is 0.0959. The number of aromatic nitrogens is 1. The minimum absolute atomic E-state index is 0.307. The minimum Gasteiger partial charge on any atom is -0.379 e. The molecular weight excluding hydrogens is 267 g/mol. The summed E-state index contributed by atoms with van der Waals surface area (Å²) in [6.45, 7) is 4.15. The summed E-state index contributed by atoms with van der Waals surface area (Å²) in [5.74, 6) is -0.671. The first kappa shape index (κ1) is 14.2. The molecule has 1 aliphatic heterocycles. The number of nitrogens with zero attached hydrogens (tertiary/aromatic N) is 2. The van der Waals surface area contributed by atoms with Crippen molar-refractivity contribution in [1.82, 2.24) is 4.98 Å². The van der Waals surface area contributed by atoms with Gasteiger partial charge in [-0.05, 0) is 26.0 Å². The fourth-order valence-corrected chi connectivity index (χ4v) is 3.50. The third-order valence-corrected chi connectivity index (χ3v) is 4.86. The van der Waals surface area contributed by atoms with Crippen molar-refractivity contribution in [2.75, 3.05) is 13.2 Å². The summed E-state index contributed by atoms with van der Waals surface area (Å²) in [7, 11) is -3.28. The Morgan fingerprint density at radius 3 is 2.53 bits per heavy atom. The smallest absolute Gasteiger partial charge is 0.374 e. The molecule has 6 nitrogen and oxygen atoms in total. The molecule has 2 heterocycles. The van der Waals surface area contributed by atoms with Crippen molar-refractivity contribution in [3.63, 3.8) is 0 Å². The highest BCUT2D eigenvalue weighted by molar-refractivity contribution is 7.54. The van der Waals surface area contributed by atoms with Gasteiger partial charge in [0, 0.05) is 24.4 Å². The van der Waals surface area contributed by atoms with Crippen molar-refractivity contribution in [2.24, 2.45) is 5.16 Å². The van der Waals surface area contributed by atoms with Crippen LogP contribution in [0.4, 0.5) is 0 Å². The van der Waals surface area contributed by atoms with Gasteiger partial charge < -0.3 is 13.9 Å². The second-order valence-corrected chi connectivity index (χ2v) is 6.09. The normalized spacial score (nSPS) is 19.1. The van der Waals surface area contributed by atoms with E-state index in [1.165, 1.54) is 0 Å². The second kappa shape index (κ2) is 6.28. The van der Waals surface area contributed by atoms with Crippen molar-refractivity contribution < 1.29 is 18.5 Å². The van der Waals surface area contributed by atoms with Gasteiger partial charge in [0.15, 0.2) is 0 Å². The molecule has 19 heavy (non-hydrogen) atoms. The molecule has 0 N–H and O–H groups in total. The molecule has 0 aliphatic carbocycles. The van der Waals surface area contributed by atoms with Gasteiger partial charge in [0.25, 0.3) is 0 Å². The fourth-order valence-electron chi connectivity index (χ4n) is 1.81. The number of hydrogen-bond donors (Lipinski definition) is 0. The van der Waals surface area contributed by atoms with Crippen LogP contribution in [0, 0.1) is 0 Å². The van der Waals surface area contributed by atoms with E-state index in [4.69, 9.17) is 13.9 Å². The van der Waals surface area contributed by atoms with Crippen molar-refractivity contribution >= 4 is 13.3 Å². The van der Waals surface area contributed by atoms with Gasteiger partial charge in [0.05, 0.1) is 18.9 Å². The van der Waals surface area contributed by atoms with E-state index in [0.717, 1.165) is 11.3 Å². The first-order chi connectivity index (χ1) is 9.19. The predicted molar refractivity (Wildman–Crippen MR) is 71.1 cm³/mol. The van der Waals surface area contributed by atoms with Gasteiger partial charge in [-0.25, -0.2) is 0 Å². The third kappa shape index (κ3) is 3.21. The standard InChI is InChI=1S/C12H17N2O4P/c1-3-16-19(15,17-4-2)12-9-11(14-18-12)10-5-7-13-8-6-10/h5-8,12H,3-4,9H2,1-2H3. The first-order valence-corrected chi connectivity index (χ1v) is 7.82. The minimum atomic E-state index is -3.28. The molecule has 7 heteroatoms. The number of pyridine rings is 1. The zero-order valence-corrected chi connectivity index (χ0v) is 11.9. The fraction of sp³-hybridized carbons (Fsp3) is 0.500. The molecule has 104 valence electrons. The molecule has 0 fully saturated rings. The van der Waals surface area contributed by atoms with Crippen molar-refractivity contribution in [1.29, 1.82) is 0 Å². The summed E-state index contributed by atoms with van der Waals surface area (Å²) >= 11 is 0. The Morgan fingerprint density at radius 1 is 1.32 bits per heavy atom. The maximum Gasteiger partial charge on any atom is 0.374 e. The number of oxime groups is 1. The molecule has 0 saturated heterocycles. The molecule has 1 aliphatic rings. The molecule has 1 atom stereocenters. The van der Waals surface area contributed by atoms with Crippen LogP contribution in [-0.4, -0.2) is 29.8 Å². The van der Waals surface area contributed by atoms with Crippen LogP contribution in [0.25, 0.3) is 0 Å². The van der Waals surface area contributed by atoms with Crippen LogP contribution in [0.1, 0.15) is 25.8 Å². The van der Waals surface area contributed by atoms with E-state index < -0.39 is 13.4 Å². The van der Waals surface area contributed by atoms with Crippen LogP contribution in [-0.2, 0) is 18.5 Å².